The SMILES string of the molecule is CCC1CCCCN1CCC(=O)N(CC)CC. The molecule has 100 valence electrons. The number of carbonyl (C=O) groups is 1. The number of hydrogen-bond acceptors (Lipinski definition) is 2. The summed E-state index contributed by atoms with van der Waals surface area (Å²) in [5, 5.41) is 0. The molecule has 0 aromatic rings. The third kappa shape index (κ3) is 4.30. The molecule has 0 spiro atoms. The second-order valence-electron chi connectivity index (χ2n) is 4.91. The molecule has 1 aliphatic heterocycles. The van der Waals surface area contributed by atoms with Crippen LogP contribution in [0.15, 0.2) is 0 Å². The molecule has 0 radical (unpaired) electrons. The van der Waals surface area contributed by atoms with Crippen molar-refractivity contribution in [2.24, 2.45) is 0 Å². The Morgan fingerprint density at radius 1 is 1.24 bits per heavy atom. The molecule has 3 heteroatoms. The fraction of sp³-hybridized carbons (Fsp3) is 0.929. The summed E-state index contributed by atoms with van der Waals surface area (Å²) in [5.41, 5.74) is 0. The van der Waals surface area contributed by atoms with E-state index in [9.17, 15) is 4.79 Å². The quantitative estimate of drug-likeness (QED) is 0.712. The lowest BCUT2D eigenvalue weighted by atomic mass is 10.00. The van der Waals surface area contributed by atoms with E-state index in [0.29, 0.717) is 18.4 Å². The van der Waals surface area contributed by atoms with Crippen LogP contribution in [0.25, 0.3) is 0 Å². The first-order valence-corrected chi connectivity index (χ1v) is 7.24. The summed E-state index contributed by atoms with van der Waals surface area (Å²) in [6, 6.07) is 0.716. The molecule has 0 saturated carbocycles. The second-order valence-corrected chi connectivity index (χ2v) is 4.91. The first-order valence-electron chi connectivity index (χ1n) is 7.24. The van der Waals surface area contributed by atoms with Crippen LogP contribution in [-0.2, 0) is 4.79 Å². The Kier molecular flexibility index (Phi) is 6.56. The maximum absolute atomic E-state index is 11.9. The predicted molar refractivity (Wildman–Crippen MR) is 72.0 cm³/mol. The lowest BCUT2D eigenvalue weighted by Crippen LogP contribution is -2.41. The molecule has 0 bridgehead atoms. The van der Waals surface area contributed by atoms with Crippen molar-refractivity contribution in [3.05, 3.63) is 0 Å². The highest BCUT2D eigenvalue weighted by Crippen LogP contribution is 2.19. The number of amides is 1. The van der Waals surface area contributed by atoms with Gasteiger partial charge in [0.25, 0.3) is 0 Å². The molecule has 0 aliphatic carbocycles. The maximum atomic E-state index is 11.9. The Morgan fingerprint density at radius 2 is 1.94 bits per heavy atom. The van der Waals surface area contributed by atoms with Crippen LogP contribution in [-0.4, -0.2) is 47.9 Å². The number of nitrogens with zero attached hydrogens (tertiary/aromatic N) is 2. The van der Waals surface area contributed by atoms with Crippen molar-refractivity contribution in [3.8, 4) is 0 Å². The molecule has 1 fully saturated rings. The highest BCUT2D eigenvalue weighted by molar-refractivity contribution is 5.76. The van der Waals surface area contributed by atoms with Gasteiger partial charge in [0, 0.05) is 32.1 Å². The zero-order chi connectivity index (χ0) is 12.7. The molecule has 1 amide bonds. The molecule has 1 atom stereocenters. The average Bonchev–Trinajstić information content (AvgIpc) is 2.38. The van der Waals surface area contributed by atoms with Gasteiger partial charge in [0.1, 0.15) is 0 Å². The summed E-state index contributed by atoms with van der Waals surface area (Å²) >= 11 is 0. The molecule has 0 aromatic heterocycles. The van der Waals surface area contributed by atoms with Gasteiger partial charge in [-0.2, -0.15) is 0 Å². The van der Waals surface area contributed by atoms with Crippen molar-refractivity contribution in [1.29, 1.82) is 0 Å². The van der Waals surface area contributed by atoms with Gasteiger partial charge in [-0.3, -0.25) is 9.69 Å². The van der Waals surface area contributed by atoms with Gasteiger partial charge in [-0.15, -0.1) is 0 Å². The maximum Gasteiger partial charge on any atom is 0.223 e. The number of piperidine rings is 1. The standard InChI is InChI=1S/C14H28N2O/c1-4-13-9-7-8-11-16(13)12-10-14(17)15(5-2)6-3/h13H,4-12H2,1-3H3. The highest BCUT2D eigenvalue weighted by Gasteiger charge is 2.21. The van der Waals surface area contributed by atoms with E-state index in [4.69, 9.17) is 0 Å². The van der Waals surface area contributed by atoms with Gasteiger partial charge < -0.3 is 4.90 Å². The summed E-state index contributed by atoms with van der Waals surface area (Å²) < 4.78 is 0. The van der Waals surface area contributed by atoms with Crippen molar-refractivity contribution in [1.82, 2.24) is 9.80 Å². The molecule has 0 aromatic carbocycles. The molecule has 1 heterocycles. The van der Waals surface area contributed by atoms with Crippen LogP contribution in [0.2, 0.25) is 0 Å². The van der Waals surface area contributed by atoms with Crippen LogP contribution in [0.3, 0.4) is 0 Å². The van der Waals surface area contributed by atoms with E-state index in [2.05, 4.69) is 25.7 Å². The lowest BCUT2D eigenvalue weighted by Gasteiger charge is -2.35. The van der Waals surface area contributed by atoms with Crippen LogP contribution in [0.4, 0.5) is 0 Å². The molecular formula is C14H28N2O. The number of rotatable bonds is 6. The van der Waals surface area contributed by atoms with Gasteiger partial charge in [0.05, 0.1) is 0 Å². The minimum Gasteiger partial charge on any atom is -0.343 e. The minimum absolute atomic E-state index is 0.315. The van der Waals surface area contributed by atoms with Gasteiger partial charge in [-0.05, 0) is 39.7 Å². The zero-order valence-electron chi connectivity index (χ0n) is 11.7. The van der Waals surface area contributed by atoms with Crippen molar-refractivity contribution < 1.29 is 4.79 Å². The van der Waals surface area contributed by atoms with Crippen molar-refractivity contribution in [3.63, 3.8) is 0 Å². The van der Waals surface area contributed by atoms with Gasteiger partial charge >= 0.3 is 0 Å². The van der Waals surface area contributed by atoms with Crippen LogP contribution in [0.5, 0.6) is 0 Å². The third-order valence-electron chi connectivity index (χ3n) is 3.95. The van der Waals surface area contributed by atoms with Crippen LogP contribution in [0.1, 0.15) is 52.9 Å². The van der Waals surface area contributed by atoms with E-state index in [1.807, 2.05) is 4.90 Å². The second kappa shape index (κ2) is 7.70. The van der Waals surface area contributed by atoms with Crippen molar-refractivity contribution in [2.45, 2.75) is 58.9 Å². The minimum atomic E-state index is 0.315. The summed E-state index contributed by atoms with van der Waals surface area (Å²) in [4.78, 5) is 16.4. The third-order valence-corrected chi connectivity index (χ3v) is 3.95. The average molecular weight is 240 g/mol. The fourth-order valence-corrected chi connectivity index (χ4v) is 2.79. The Morgan fingerprint density at radius 3 is 2.53 bits per heavy atom. The van der Waals surface area contributed by atoms with Crippen LogP contribution >= 0.6 is 0 Å². The summed E-state index contributed by atoms with van der Waals surface area (Å²) in [6.45, 7) is 10.2. The normalized spacial score (nSPS) is 21.5. The fourth-order valence-electron chi connectivity index (χ4n) is 2.79. The molecule has 3 nitrogen and oxygen atoms in total. The van der Waals surface area contributed by atoms with Crippen molar-refractivity contribution >= 4 is 5.91 Å². The van der Waals surface area contributed by atoms with Gasteiger partial charge in [-0.1, -0.05) is 13.3 Å². The van der Waals surface area contributed by atoms with E-state index >= 15 is 0 Å². The van der Waals surface area contributed by atoms with Crippen molar-refractivity contribution in [2.75, 3.05) is 26.2 Å². The van der Waals surface area contributed by atoms with E-state index in [1.165, 1.54) is 32.2 Å². The van der Waals surface area contributed by atoms with Crippen LogP contribution in [0, 0.1) is 0 Å². The monoisotopic (exact) mass is 240 g/mol. The Labute approximate surface area is 106 Å². The van der Waals surface area contributed by atoms with Gasteiger partial charge in [0.2, 0.25) is 5.91 Å². The van der Waals surface area contributed by atoms with Gasteiger partial charge in [-0.25, -0.2) is 0 Å². The summed E-state index contributed by atoms with van der Waals surface area (Å²) in [6.07, 6.45) is 5.89. The molecule has 1 aliphatic rings. The largest absolute Gasteiger partial charge is 0.343 e. The first kappa shape index (κ1) is 14.5. The summed E-state index contributed by atoms with van der Waals surface area (Å²) in [5.74, 6) is 0.315. The zero-order valence-corrected chi connectivity index (χ0v) is 11.7. The molecule has 0 N–H and O–H groups in total. The number of likely N-dealkylation sites (tertiary alicyclic amines) is 1. The van der Waals surface area contributed by atoms with E-state index in [-0.39, 0.29) is 0 Å². The smallest absolute Gasteiger partial charge is 0.223 e. The van der Waals surface area contributed by atoms with E-state index in [1.54, 1.807) is 0 Å². The Balaban J connectivity index is 2.35. The first-order chi connectivity index (χ1) is 8.22. The lowest BCUT2D eigenvalue weighted by molar-refractivity contribution is -0.131. The Bertz CT molecular complexity index is 226. The molecule has 1 unspecified atom stereocenters. The number of hydrogen-bond donors (Lipinski definition) is 0. The van der Waals surface area contributed by atoms with Gasteiger partial charge in [0.15, 0.2) is 0 Å². The van der Waals surface area contributed by atoms with Crippen LogP contribution < -0.4 is 0 Å². The van der Waals surface area contributed by atoms with E-state index < -0.39 is 0 Å². The predicted octanol–water partition coefficient (Wildman–Crippen LogP) is 2.51. The molecular weight excluding hydrogens is 212 g/mol. The number of carbonyl (C=O) groups excluding carboxylic acids is 1. The molecule has 1 saturated heterocycles. The molecule has 17 heavy (non-hydrogen) atoms. The topological polar surface area (TPSA) is 23.6 Å². The highest BCUT2D eigenvalue weighted by atomic mass is 16.2. The summed E-state index contributed by atoms with van der Waals surface area (Å²) in [7, 11) is 0. The Hall–Kier alpha value is -0.570. The molecule has 1 rings (SSSR count). The van der Waals surface area contributed by atoms with E-state index in [0.717, 1.165) is 19.6 Å².